The average Bonchev–Trinajstić information content (AvgIpc) is 3.65. The van der Waals surface area contributed by atoms with Crippen LogP contribution in [-0.4, -0.2) is 22.8 Å². The molecule has 0 unspecified atom stereocenters. The van der Waals surface area contributed by atoms with E-state index in [2.05, 4.69) is 49.2 Å². The molecule has 0 saturated heterocycles. The molecule has 0 aromatic heterocycles. The Morgan fingerprint density at radius 3 is 1.74 bits per heavy atom. The Kier molecular flexibility index (Phi) is 5.63. The number of aryl methyl sites for hydroxylation is 2. The lowest BCUT2D eigenvalue weighted by atomic mass is 10.0. The van der Waals surface area contributed by atoms with E-state index in [0.717, 1.165) is 63.4 Å². The lowest BCUT2D eigenvalue weighted by molar-refractivity contribution is 1.02. The summed E-state index contributed by atoms with van der Waals surface area (Å²) < 4.78 is 0. The van der Waals surface area contributed by atoms with Crippen molar-refractivity contribution in [2.24, 2.45) is 20.0 Å². The van der Waals surface area contributed by atoms with Gasteiger partial charge in [0.2, 0.25) is 0 Å². The molecule has 5 aliphatic rings. The molecule has 0 atom stereocenters. The van der Waals surface area contributed by atoms with E-state index in [1.54, 1.807) is 11.8 Å². The summed E-state index contributed by atoms with van der Waals surface area (Å²) in [6.45, 7) is 4.43. The van der Waals surface area contributed by atoms with Crippen LogP contribution in [0.4, 0.5) is 0 Å². The fraction of sp³-hybridized carbons (Fsp3) is 0.133. The number of nitrogens with zero attached hydrogens (tertiary/aromatic N) is 4. The lowest BCUT2D eigenvalue weighted by Gasteiger charge is -2.09. The third-order valence-corrected chi connectivity index (χ3v) is 7.21. The summed E-state index contributed by atoms with van der Waals surface area (Å²) in [5.74, 6) is 0. The summed E-state index contributed by atoms with van der Waals surface area (Å²) in [5.41, 5.74) is 9.96. The molecule has 1 aromatic rings. The third kappa shape index (κ3) is 4.60. The molecular weight excluding hydrogens is 448 g/mol. The number of rotatable bonds is 4. The Hall–Kier alpha value is -3.83. The van der Waals surface area contributed by atoms with Crippen molar-refractivity contribution >= 4 is 34.6 Å². The summed E-state index contributed by atoms with van der Waals surface area (Å²) in [6.07, 6.45) is 24.4. The van der Waals surface area contributed by atoms with Crippen molar-refractivity contribution in [1.29, 1.82) is 0 Å². The van der Waals surface area contributed by atoms with E-state index in [1.165, 1.54) is 16.0 Å². The van der Waals surface area contributed by atoms with Crippen LogP contribution in [-0.2, 0) is 12.8 Å². The molecule has 0 N–H and O–H groups in total. The second kappa shape index (κ2) is 9.08. The van der Waals surface area contributed by atoms with Gasteiger partial charge in [-0.25, -0.2) is 20.0 Å². The van der Waals surface area contributed by atoms with E-state index >= 15 is 0 Å². The van der Waals surface area contributed by atoms with Crippen LogP contribution in [0.1, 0.15) is 25.0 Å². The predicted molar refractivity (Wildman–Crippen MR) is 149 cm³/mol. The quantitative estimate of drug-likeness (QED) is 0.474. The zero-order valence-electron chi connectivity index (χ0n) is 19.7. The van der Waals surface area contributed by atoms with Gasteiger partial charge in [0.1, 0.15) is 0 Å². The van der Waals surface area contributed by atoms with Gasteiger partial charge in [-0.15, -0.1) is 0 Å². The number of fused-ring (bicyclic) bond motifs is 4. The normalized spacial score (nSPS) is 19.5. The number of benzene rings is 1. The van der Waals surface area contributed by atoms with Crippen molar-refractivity contribution in [2.75, 3.05) is 0 Å². The minimum Gasteiger partial charge on any atom is -0.249 e. The highest BCUT2D eigenvalue weighted by molar-refractivity contribution is 8.03. The van der Waals surface area contributed by atoms with Crippen molar-refractivity contribution < 1.29 is 0 Å². The first kappa shape index (κ1) is 21.7. The van der Waals surface area contributed by atoms with Gasteiger partial charge in [-0.3, -0.25) is 0 Å². The second-order valence-corrected chi connectivity index (χ2v) is 9.75. The lowest BCUT2D eigenvalue weighted by Crippen LogP contribution is -1.92. The van der Waals surface area contributed by atoms with E-state index in [0.29, 0.717) is 0 Å². The number of thioether (sulfide) groups is 1. The van der Waals surface area contributed by atoms with Crippen molar-refractivity contribution in [3.63, 3.8) is 0 Å². The summed E-state index contributed by atoms with van der Waals surface area (Å²) in [5, 5.41) is 0. The molecule has 1 aromatic carbocycles. The first-order valence-corrected chi connectivity index (χ1v) is 12.7. The van der Waals surface area contributed by atoms with Gasteiger partial charge in [0.05, 0.1) is 45.6 Å². The highest BCUT2D eigenvalue weighted by Crippen LogP contribution is 2.37. The molecule has 5 aliphatic heterocycles. The van der Waals surface area contributed by atoms with Crippen molar-refractivity contribution in [3.8, 4) is 0 Å². The van der Waals surface area contributed by atoms with Crippen LogP contribution in [0, 0.1) is 0 Å². The Morgan fingerprint density at radius 2 is 1.14 bits per heavy atom. The molecule has 0 saturated carbocycles. The standard InChI is InChI=1S/C30H24N4S/c1-3-19-5-12-28(13-20(19)4-2)35-30-18-27-16-25-9-8-23(32-25)14-21-6-7-22(31-21)15-24-10-11-26(33-24)17-29(30)34-27/h5-18H,3-4H2,1-2H3. The molecular formula is C30H24N4S. The van der Waals surface area contributed by atoms with Gasteiger partial charge < -0.3 is 0 Å². The first-order chi connectivity index (χ1) is 17.1. The molecule has 0 fully saturated rings. The second-order valence-electron chi connectivity index (χ2n) is 8.63. The van der Waals surface area contributed by atoms with Crippen LogP contribution in [0.5, 0.6) is 0 Å². The average molecular weight is 473 g/mol. The van der Waals surface area contributed by atoms with E-state index in [9.17, 15) is 0 Å². The molecule has 35 heavy (non-hydrogen) atoms. The minimum atomic E-state index is 0.886. The minimum absolute atomic E-state index is 0.886. The maximum Gasteiger partial charge on any atom is 0.0798 e. The first-order valence-electron chi connectivity index (χ1n) is 11.9. The van der Waals surface area contributed by atoms with E-state index in [4.69, 9.17) is 15.0 Å². The van der Waals surface area contributed by atoms with Crippen molar-refractivity contribution in [1.82, 2.24) is 0 Å². The number of hydrogen-bond acceptors (Lipinski definition) is 5. The van der Waals surface area contributed by atoms with Crippen molar-refractivity contribution in [3.05, 3.63) is 124 Å². The summed E-state index contributed by atoms with van der Waals surface area (Å²) in [6, 6.07) is 6.79. The smallest absolute Gasteiger partial charge is 0.0798 e. The molecule has 6 rings (SSSR count). The van der Waals surface area contributed by atoms with Gasteiger partial charge in [0, 0.05) is 9.80 Å². The Bertz CT molecular complexity index is 1510. The van der Waals surface area contributed by atoms with E-state index < -0.39 is 0 Å². The predicted octanol–water partition coefficient (Wildman–Crippen LogP) is 6.82. The Balaban J connectivity index is 1.41. The van der Waals surface area contributed by atoms with Gasteiger partial charge in [-0.05, 0) is 103 Å². The molecule has 0 spiro atoms. The molecule has 0 radical (unpaired) electrons. The Morgan fingerprint density at radius 1 is 0.571 bits per heavy atom. The maximum absolute atomic E-state index is 4.95. The van der Waals surface area contributed by atoms with Gasteiger partial charge in [-0.1, -0.05) is 31.7 Å². The molecule has 0 aliphatic carbocycles. The van der Waals surface area contributed by atoms with Gasteiger partial charge in [-0.2, -0.15) is 0 Å². The summed E-state index contributed by atoms with van der Waals surface area (Å²) in [4.78, 5) is 21.5. The topological polar surface area (TPSA) is 49.4 Å². The van der Waals surface area contributed by atoms with E-state index in [-0.39, 0.29) is 0 Å². The number of aliphatic imine (C=N–C) groups is 4. The zero-order valence-corrected chi connectivity index (χ0v) is 20.5. The van der Waals surface area contributed by atoms with E-state index in [1.807, 2.05) is 54.7 Å². The third-order valence-electron chi connectivity index (χ3n) is 6.17. The summed E-state index contributed by atoms with van der Waals surface area (Å²) >= 11 is 1.75. The van der Waals surface area contributed by atoms with Crippen LogP contribution in [0.3, 0.4) is 0 Å². The van der Waals surface area contributed by atoms with Crippen LogP contribution >= 0.6 is 11.8 Å². The zero-order chi connectivity index (χ0) is 23.8. The SMILES string of the molecule is CCc1ccc(SC2=CC3=NC2=CC2=NC(=CC4=NC(=CC5=NC(=C3)C=C5)C=C4)C=C2)cc1CC. The maximum atomic E-state index is 4.95. The van der Waals surface area contributed by atoms with Gasteiger partial charge >= 0.3 is 0 Å². The largest absolute Gasteiger partial charge is 0.249 e. The molecule has 170 valence electrons. The molecule has 4 nitrogen and oxygen atoms in total. The monoisotopic (exact) mass is 472 g/mol. The van der Waals surface area contributed by atoms with Gasteiger partial charge in [0.25, 0.3) is 0 Å². The molecule has 5 heterocycles. The van der Waals surface area contributed by atoms with Crippen LogP contribution in [0.25, 0.3) is 0 Å². The highest BCUT2D eigenvalue weighted by atomic mass is 32.2. The number of allylic oxidation sites excluding steroid dienone is 11. The van der Waals surface area contributed by atoms with Crippen LogP contribution < -0.4 is 0 Å². The van der Waals surface area contributed by atoms with Crippen LogP contribution in [0.15, 0.2) is 138 Å². The molecule has 8 bridgehead atoms. The molecule has 5 heteroatoms. The highest BCUT2D eigenvalue weighted by Gasteiger charge is 2.18. The fourth-order valence-corrected chi connectivity index (χ4v) is 5.40. The fourth-order valence-electron chi connectivity index (χ4n) is 4.42. The number of hydrogen-bond donors (Lipinski definition) is 0. The molecule has 0 amide bonds. The Labute approximate surface area is 209 Å². The summed E-state index contributed by atoms with van der Waals surface area (Å²) in [7, 11) is 0. The van der Waals surface area contributed by atoms with Gasteiger partial charge in [0.15, 0.2) is 0 Å². The van der Waals surface area contributed by atoms with Crippen LogP contribution in [0.2, 0.25) is 0 Å². The van der Waals surface area contributed by atoms with Crippen molar-refractivity contribution in [2.45, 2.75) is 31.6 Å².